The summed E-state index contributed by atoms with van der Waals surface area (Å²) in [6.07, 6.45) is 0. The molecule has 0 bridgehead atoms. The molecule has 0 radical (unpaired) electrons. The predicted octanol–water partition coefficient (Wildman–Crippen LogP) is 2.39. The Morgan fingerprint density at radius 1 is 0.950 bits per heavy atom. The normalized spacial score (nSPS) is 11.8. The molecule has 0 spiro atoms. The third-order valence-corrected chi connectivity index (χ3v) is 4.85. The van der Waals surface area contributed by atoms with E-state index in [1.807, 2.05) is 32.9 Å². The van der Waals surface area contributed by atoms with Crippen molar-refractivity contribution in [1.82, 2.24) is 9.29 Å². The molecule has 0 saturated carbocycles. The maximum absolute atomic E-state index is 12.1. The number of nitrogens with zero attached hydrogens (tertiary/aromatic N) is 1. The van der Waals surface area contributed by atoms with Crippen LogP contribution in [0.3, 0.4) is 0 Å². The maximum atomic E-state index is 12.1. The predicted molar refractivity (Wildman–Crippen MR) is 80.3 cm³/mol. The van der Waals surface area contributed by atoms with E-state index in [2.05, 4.69) is 9.29 Å². The molecule has 0 saturated heterocycles. The fourth-order valence-corrected chi connectivity index (χ4v) is 3.17. The zero-order chi connectivity index (χ0) is 14.8. The van der Waals surface area contributed by atoms with Gasteiger partial charge in [0.25, 0.3) is 0 Å². The molecule has 0 aliphatic rings. The van der Waals surface area contributed by atoms with Crippen molar-refractivity contribution in [3.63, 3.8) is 0 Å². The van der Waals surface area contributed by atoms with E-state index in [0.29, 0.717) is 18.0 Å². The minimum Gasteiger partial charge on any atom is -0.348 e. The van der Waals surface area contributed by atoms with E-state index in [1.54, 1.807) is 24.3 Å². The van der Waals surface area contributed by atoms with Gasteiger partial charge in [-0.1, -0.05) is 17.7 Å². The van der Waals surface area contributed by atoms with E-state index in [1.165, 1.54) is 0 Å². The molecule has 0 amide bonds. The zero-order valence-electron chi connectivity index (χ0n) is 12.1. The Labute approximate surface area is 120 Å². The summed E-state index contributed by atoms with van der Waals surface area (Å²) >= 11 is 0. The van der Waals surface area contributed by atoms with Crippen molar-refractivity contribution in [2.24, 2.45) is 0 Å². The van der Waals surface area contributed by atoms with Gasteiger partial charge in [-0.15, -0.1) is 0 Å². The van der Waals surface area contributed by atoms with Crippen LogP contribution in [0.4, 0.5) is 0 Å². The Hall–Kier alpha value is -1.59. The van der Waals surface area contributed by atoms with Crippen LogP contribution in [0.25, 0.3) is 0 Å². The van der Waals surface area contributed by atoms with E-state index < -0.39 is 10.0 Å². The van der Waals surface area contributed by atoms with Crippen LogP contribution in [0, 0.1) is 20.8 Å². The van der Waals surface area contributed by atoms with Gasteiger partial charge in [-0.2, -0.15) is 0 Å². The van der Waals surface area contributed by atoms with E-state index in [9.17, 15) is 8.42 Å². The lowest BCUT2D eigenvalue weighted by Gasteiger charge is -2.11. The lowest BCUT2D eigenvalue weighted by atomic mass is 10.2. The Morgan fingerprint density at radius 3 is 2.05 bits per heavy atom. The summed E-state index contributed by atoms with van der Waals surface area (Å²) in [4.78, 5) is 0.309. The molecular weight excluding hydrogens is 272 g/mol. The van der Waals surface area contributed by atoms with Crippen LogP contribution in [0.5, 0.6) is 0 Å². The maximum Gasteiger partial charge on any atom is 0.240 e. The number of sulfonamides is 1. The molecule has 1 aromatic heterocycles. The Morgan fingerprint density at radius 2 is 1.50 bits per heavy atom. The lowest BCUT2D eigenvalue weighted by molar-refractivity contribution is 0.570. The molecule has 1 N–H and O–H groups in total. The molecule has 1 heterocycles. The SMILES string of the molecule is Cc1ccc(S(=O)(=O)NCCn2c(C)ccc2C)cc1. The first kappa shape index (κ1) is 14.8. The van der Waals surface area contributed by atoms with E-state index in [0.717, 1.165) is 17.0 Å². The smallest absolute Gasteiger partial charge is 0.240 e. The van der Waals surface area contributed by atoms with Gasteiger partial charge in [0.2, 0.25) is 10.0 Å². The second-order valence-electron chi connectivity index (χ2n) is 4.98. The van der Waals surface area contributed by atoms with Crippen molar-refractivity contribution in [2.75, 3.05) is 6.54 Å². The quantitative estimate of drug-likeness (QED) is 0.920. The van der Waals surface area contributed by atoms with Crippen molar-refractivity contribution < 1.29 is 8.42 Å². The average molecular weight is 292 g/mol. The molecule has 108 valence electrons. The van der Waals surface area contributed by atoms with E-state index >= 15 is 0 Å². The molecule has 0 aliphatic heterocycles. The van der Waals surface area contributed by atoms with Crippen molar-refractivity contribution in [3.05, 3.63) is 53.3 Å². The van der Waals surface area contributed by atoms with Gasteiger partial charge in [-0.3, -0.25) is 0 Å². The first-order chi connectivity index (χ1) is 9.40. The number of hydrogen-bond acceptors (Lipinski definition) is 2. The lowest BCUT2D eigenvalue weighted by Crippen LogP contribution is -2.27. The molecule has 2 rings (SSSR count). The minimum atomic E-state index is -3.42. The molecule has 2 aromatic rings. The summed E-state index contributed by atoms with van der Waals surface area (Å²) < 4.78 is 29.0. The molecule has 0 aliphatic carbocycles. The molecule has 20 heavy (non-hydrogen) atoms. The van der Waals surface area contributed by atoms with Gasteiger partial charge >= 0.3 is 0 Å². The summed E-state index contributed by atoms with van der Waals surface area (Å²) in [5, 5.41) is 0. The van der Waals surface area contributed by atoms with Crippen LogP contribution in [0.2, 0.25) is 0 Å². The number of benzene rings is 1. The topological polar surface area (TPSA) is 51.1 Å². The van der Waals surface area contributed by atoms with Crippen LogP contribution in [-0.4, -0.2) is 19.5 Å². The molecule has 0 unspecified atom stereocenters. The third-order valence-electron chi connectivity index (χ3n) is 3.38. The third kappa shape index (κ3) is 3.29. The number of rotatable bonds is 5. The minimum absolute atomic E-state index is 0.309. The second-order valence-corrected chi connectivity index (χ2v) is 6.75. The first-order valence-corrected chi connectivity index (χ1v) is 8.07. The van der Waals surface area contributed by atoms with Crippen LogP contribution in [-0.2, 0) is 16.6 Å². The molecule has 4 nitrogen and oxygen atoms in total. The summed E-state index contributed by atoms with van der Waals surface area (Å²) in [6.45, 7) is 6.98. The zero-order valence-corrected chi connectivity index (χ0v) is 12.9. The van der Waals surface area contributed by atoms with E-state index in [4.69, 9.17) is 0 Å². The fraction of sp³-hybridized carbons (Fsp3) is 0.333. The van der Waals surface area contributed by atoms with Crippen molar-refractivity contribution in [2.45, 2.75) is 32.2 Å². The summed E-state index contributed by atoms with van der Waals surface area (Å²) in [5.41, 5.74) is 3.32. The summed E-state index contributed by atoms with van der Waals surface area (Å²) in [6, 6.07) is 10.9. The Balaban J connectivity index is 2.01. The van der Waals surface area contributed by atoms with Crippen molar-refractivity contribution in [1.29, 1.82) is 0 Å². The van der Waals surface area contributed by atoms with Gasteiger partial charge in [-0.25, -0.2) is 13.1 Å². The molecule has 0 atom stereocenters. The first-order valence-electron chi connectivity index (χ1n) is 6.59. The number of hydrogen-bond donors (Lipinski definition) is 1. The second kappa shape index (κ2) is 5.81. The highest BCUT2D eigenvalue weighted by molar-refractivity contribution is 7.89. The average Bonchev–Trinajstić information content (AvgIpc) is 2.71. The Bertz CT molecular complexity index is 666. The number of aryl methyl sites for hydroxylation is 3. The van der Waals surface area contributed by atoms with Crippen molar-refractivity contribution in [3.8, 4) is 0 Å². The van der Waals surface area contributed by atoms with Gasteiger partial charge in [0.05, 0.1) is 4.90 Å². The molecular formula is C15H20N2O2S. The summed E-state index contributed by atoms with van der Waals surface area (Å²) in [7, 11) is -3.42. The largest absolute Gasteiger partial charge is 0.348 e. The van der Waals surface area contributed by atoms with Gasteiger partial charge in [0, 0.05) is 24.5 Å². The van der Waals surface area contributed by atoms with Crippen LogP contribution < -0.4 is 4.72 Å². The number of aromatic nitrogens is 1. The van der Waals surface area contributed by atoms with Gasteiger partial charge in [0.1, 0.15) is 0 Å². The molecule has 0 fully saturated rings. The Kier molecular flexibility index (Phi) is 4.30. The highest BCUT2D eigenvalue weighted by Crippen LogP contribution is 2.10. The highest BCUT2D eigenvalue weighted by atomic mass is 32.2. The number of nitrogens with one attached hydrogen (secondary N) is 1. The monoisotopic (exact) mass is 292 g/mol. The van der Waals surface area contributed by atoms with E-state index in [-0.39, 0.29) is 0 Å². The van der Waals surface area contributed by atoms with Crippen molar-refractivity contribution >= 4 is 10.0 Å². The van der Waals surface area contributed by atoms with Gasteiger partial charge in [-0.05, 0) is 45.0 Å². The molecule has 1 aromatic carbocycles. The van der Waals surface area contributed by atoms with Crippen LogP contribution >= 0.6 is 0 Å². The van der Waals surface area contributed by atoms with Gasteiger partial charge < -0.3 is 4.57 Å². The standard InChI is InChI=1S/C15H20N2O2S/c1-12-4-8-15(9-5-12)20(18,19)16-10-11-17-13(2)6-7-14(17)3/h4-9,16H,10-11H2,1-3H3. The fourth-order valence-electron chi connectivity index (χ4n) is 2.14. The van der Waals surface area contributed by atoms with Crippen LogP contribution in [0.15, 0.2) is 41.3 Å². The summed E-state index contributed by atoms with van der Waals surface area (Å²) in [5.74, 6) is 0. The van der Waals surface area contributed by atoms with Crippen LogP contribution in [0.1, 0.15) is 17.0 Å². The van der Waals surface area contributed by atoms with Gasteiger partial charge in [0.15, 0.2) is 0 Å². The molecule has 5 heteroatoms. The highest BCUT2D eigenvalue weighted by Gasteiger charge is 2.13.